The molecule has 1 amide bonds. The van der Waals surface area contributed by atoms with E-state index in [1.54, 1.807) is 0 Å². The molecular weight excluding hydrogens is 510 g/mol. The minimum atomic E-state index is 0.00348. The lowest BCUT2D eigenvalue weighted by Gasteiger charge is -2.21. The molecule has 41 heavy (non-hydrogen) atoms. The summed E-state index contributed by atoms with van der Waals surface area (Å²) in [4.78, 5) is 31.3. The number of rotatable bonds is 17. The normalized spacial score (nSPS) is 13.4. The van der Waals surface area contributed by atoms with Crippen molar-refractivity contribution in [1.82, 2.24) is 14.2 Å². The van der Waals surface area contributed by atoms with Crippen molar-refractivity contribution in [3.05, 3.63) is 71.0 Å². The summed E-state index contributed by atoms with van der Waals surface area (Å²) in [6, 6.07) is 13.5. The molecule has 0 atom stereocenters. The van der Waals surface area contributed by atoms with Gasteiger partial charge in [-0.1, -0.05) is 40.0 Å². The fourth-order valence-corrected chi connectivity index (χ4v) is 5.70. The predicted molar refractivity (Wildman–Crippen MR) is 167 cm³/mol. The Morgan fingerprint density at radius 1 is 0.805 bits per heavy atom. The summed E-state index contributed by atoms with van der Waals surface area (Å²) in [5.74, 6) is 0.884. The first-order chi connectivity index (χ1) is 20.0. The third kappa shape index (κ3) is 8.22. The first-order valence-corrected chi connectivity index (χ1v) is 16.0. The van der Waals surface area contributed by atoms with E-state index in [1.807, 2.05) is 51.9 Å². The zero-order chi connectivity index (χ0) is 29.0. The van der Waals surface area contributed by atoms with Gasteiger partial charge in [0.2, 0.25) is 5.78 Å². The number of fused-ring (bicyclic) bond motifs is 1. The van der Waals surface area contributed by atoms with E-state index in [-0.39, 0.29) is 11.7 Å². The van der Waals surface area contributed by atoms with Gasteiger partial charge < -0.3 is 18.9 Å². The Morgan fingerprint density at radius 3 is 2.12 bits per heavy atom. The van der Waals surface area contributed by atoms with Crippen LogP contribution in [0.4, 0.5) is 0 Å². The molecule has 0 spiro atoms. The molecule has 1 aromatic carbocycles. The maximum atomic E-state index is 13.8. The van der Waals surface area contributed by atoms with Crippen LogP contribution in [0.1, 0.15) is 111 Å². The van der Waals surface area contributed by atoms with Gasteiger partial charge in [-0.05, 0) is 106 Å². The maximum absolute atomic E-state index is 13.8. The molecule has 0 unspecified atom stereocenters. The summed E-state index contributed by atoms with van der Waals surface area (Å²) in [7, 11) is 0. The van der Waals surface area contributed by atoms with Crippen molar-refractivity contribution < 1.29 is 14.3 Å². The van der Waals surface area contributed by atoms with Crippen LogP contribution in [0.25, 0.3) is 5.52 Å². The Bertz CT molecular complexity index is 1250. The number of nitrogens with zero attached hydrogens (tertiary/aromatic N) is 3. The fourth-order valence-electron chi connectivity index (χ4n) is 5.70. The number of hydrogen-bond donors (Lipinski definition) is 0. The number of carbonyl (C=O) groups is 2. The van der Waals surface area contributed by atoms with E-state index < -0.39 is 0 Å². The molecule has 1 fully saturated rings. The number of benzene rings is 1. The van der Waals surface area contributed by atoms with E-state index in [1.165, 1.54) is 25.7 Å². The van der Waals surface area contributed by atoms with Crippen LogP contribution < -0.4 is 4.74 Å². The Kier molecular flexibility index (Phi) is 11.9. The Hall–Kier alpha value is -3.12. The number of aromatic nitrogens is 1. The molecule has 6 nitrogen and oxygen atoms in total. The molecule has 6 heteroatoms. The molecule has 1 aliphatic rings. The quantitative estimate of drug-likeness (QED) is 0.128. The molecule has 1 saturated heterocycles. The van der Waals surface area contributed by atoms with Gasteiger partial charge in [-0.25, -0.2) is 0 Å². The molecule has 2 aromatic heterocycles. The summed E-state index contributed by atoms with van der Waals surface area (Å²) in [5, 5.41) is 0. The summed E-state index contributed by atoms with van der Waals surface area (Å²) in [6.07, 6.45) is 12.9. The summed E-state index contributed by atoms with van der Waals surface area (Å²) >= 11 is 0. The van der Waals surface area contributed by atoms with Crippen molar-refractivity contribution in [3.63, 3.8) is 0 Å². The first-order valence-electron chi connectivity index (χ1n) is 16.0. The summed E-state index contributed by atoms with van der Waals surface area (Å²) in [5.41, 5.74) is 3.98. The van der Waals surface area contributed by atoms with E-state index >= 15 is 0 Å². The van der Waals surface area contributed by atoms with Gasteiger partial charge in [0.25, 0.3) is 5.91 Å². The van der Waals surface area contributed by atoms with Crippen LogP contribution in [0.3, 0.4) is 0 Å². The number of carbonyl (C=O) groups excluding carboxylic acids is 2. The van der Waals surface area contributed by atoms with E-state index in [2.05, 4.69) is 31.7 Å². The number of amides is 1. The van der Waals surface area contributed by atoms with Crippen LogP contribution in [0.15, 0.2) is 48.7 Å². The highest BCUT2D eigenvalue weighted by Gasteiger charge is 2.23. The number of likely N-dealkylation sites (tertiary alicyclic amines) is 1. The highest BCUT2D eigenvalue weighted by Crippen LogP contribution is 2.25. The molecule has 0 radical (unpaired) electrons. The van der Waals surface area contributed by atoms with Crippen LogP contribution in [-0.2, 0) is 6.42 Å². The van der Waals surface area contributed by atoms with Crippen molar-refractivity contribution in [2.75, 3.05) is 39.3 Å². The van der Waals surface area contributed by atoms with Gasteiger partial charge in [0.15, 0.2) is 0 Å². The van der Waals surface area contributed by atoms with E-state index in [0.29, 0.717) is 23.4 Å². The summed E-state index contributed by atoms with van der Waals surface area (Å²) in [6.45, 7) is 12.4. The number of pyridine rings is 1. The lowest BCUT2D eigenvalue weighted by molar-refractivity contribution is 0.0792. The second-order valence-electron chi connectivity index (χ2n) is 11.4. The zero-order valence-electron chi connectivity index (χ0n) is 25.5. The average molecular weight is 560 g/mol. The molecule has 0 saturated carbocycles. The SMILES string of the molecule is CCCCc1cc2cc(C(=O)N3CCCC3)ccn2c1C(=O)c1ccc(OCCCN(CCCC)CCCC)cc1. The van der Waals surface area contributed by atoms with Crippen LogP contribution in [0, 0.1) is 0 Å². The van der Waals surface area contributed by atoms with Crippen molar-refractivity contribution in [1.29, 1.82) is 0 Å². The van der Waals surface area contributed by atoms with Crippen LogP contribution in [0.2, 0.25) is 0 Å². The third-order valence-electron chi connectivity index (χ3n) is 8.17. The summed E-state index contributed by atoms with van der Waals surface area (Å²) < 4.78 is 8.00. The lowest BCUT2D eigenvalue weighted by atomic mass is 10.0. The fraction of sp³-hybridized carbons (Fsp3) is 0.543. The van der Waals surface area contributed by atoms with Gasteiger partial charge >= 0.3 is 0 Å². The number of hydrogen-bond acceptors (Lipinski definition) is 4. The average Bonchev–Trinajstić information content (AvgIpc) is 3.67. The second kappa shape index (κ2) is 15.8. The largest absolute Gasteiger partial charge is 0.494 e. The molecule has 0 aliphatic carbocycles. The lowest BCUT2D eigenvalue weighted by Crippen LogP contribution is -2.28. The van der Waals surface area contributed by atoms with Crippen molar-refractivity contribution in [2.45, 2.75) is 85.0 Å². The predicted octanol–water partition coefficient (Wildman–Crippen LogP) is 7.42. The minimum absolute atomic E-state index is 0.00348. The van der Waals surface area contributed by atoms with Gasteiger partial charge in [0.05, 0.1) is 12.3 Å². The number of ketones is 1. The molecule has 4 rings (SSSR count). The topological polar surface area (TPSA) is 54.3 Å². The second-order valence-corrected chi connectivity index (χ2v) is 11.4. The minimum Gasteiger partial charge on any atom is -0.494 e. The van der Waals surface area contributed by atoms with Gasteiger partial charge in [-0.2, -0.15) is 0 Å². The van der Waals surface area contributed by atoms with Crippen molar-refractivity contribution in [3.8, 4) is 5.75 Å². The zero-order valence-corrected chi connectivity index (χ0v) is 25.5. The highest BCUT2D eigenvalue weighted by molar-refractivity contribution is 6.10. The monoisotopic (exact) mass is 559 g/mol. The van der Waals surface area contributed by atoms with Gasteiger partial charge in [0.1, 0.15) is 5.75 Å². The number of unbranched alkanes of at least 4 members (excludes halogenated alkanes) is 3. The molecule has 1 aliphatic heterocycles. The van der Waals surface area contributed by atoms with Crippen LogP contribution in [0.5, 0.6) is 5.75 Å². The molecule has 0 N–H and O–H groups in total. The molecular formula is C35H49N3O3. The standard InChI is InChI=1S/C35H49N3O3/c1-4-7-13-29-26-31-27-30(35(40)37-22-10-11-23-37)18-24-38(31)33(29)34(39)28-14-16-32(17-15-28)41-25-12-21-36(19-8-5-2)20-9-6-3/h14-18,24,26-27H,4-13,19-23,25H2,1-3H3. The smallest absolute Gasteiger partial charge is 0.253 e. The van der Waals surface area contributed by atoms with E-state index in [0.717, 1.165) is 88.1 Å². The molecule has 0 bridgehead atoms. The van der Waals surface area contributed by atoms with Gasteiger partial charge in [0, 0.05) is 42.5 Å². The first kappa shape index (κ1) is 30.8. The van der Waals surface area contributed by atoms with Gasteiger partial charge in [-0.3, -0.25) is 9.59 Å². The highest BCUT2D eigenvalue weighted by atomic mass is 16.5. The number of ether oxygens (including phenoxy) is 1. The Labute approximate surface area is 246 Å². The van der Waals surface area contributed by atoms with Gasteiger partial charge in [-0.15, -0.1) is 0 Å². The maximum Gasteiger partial charge on any atom is 0.253 e. The number of aryl methyl sites for hydroxylation is 1. The van der Waals surface area contributed by atoms with Crippen LogP contribution >= 0.6 is 0 Å². The van der Waals surface area contributed by atoms with Crippen molar-refractivity contribution >= 4 is 17.2 Å². The Balaban J connectivity index is 1.43. The third-order valence-corrected chi connectivity index (χ3v) is 8.17. The van der Waals surface area contributed by atoms with E-state index in [9.17, 15) is 9.59 Å². The van der Waals surface area contributed by atoms with E-state index in [4.69, 9.17) is 4.74 Å². The Morgan fingerprint density at radius 2 is 1.46 bits per heavy atom. The molecule has 3 aromatic rings. The molecule has 222 valence electrons. The van der Waals surface area contributed by atoms with Crippen LogP contribution in [-0.4, -0.2) is 65.2 Å². The molecule has 3 heterocycles. The van der Waals surface area contributed by atoms with Crippen molar-refractivity contribution in [2.24, 2.45) is 0 Å².